The number of amidine groups is 1. The summed E-state index contributed by atoms with van der Waals surface area (Å²) in [5, 5.41) is 0. The van der Waals surface area contributed by atoms with Crippen molar-refractivity contribution >= 4 is 23.5 Å². The second-order valence-electron chi connectivity index (χ2n) is 12.0. The van der Waals surface area contributed by atoms with E-state index in [-0.39, 0.29) is 5.84 Å². The summed E-state index contributed by atoms with van der Waals surface area (Å²) in [6, 6.07) is 11.2. The van der Waals surface area contributed by atoms with E-state index in [0.29, 0.717) is 48.6 Å². The van der Waals surface area contributed by atoms with Crippen LogP contribution in [0.25, 0.3) is 0 Å². The van der Waals surface area contributed by atoms with Gasteiger partial charge in [-0.2, -0.15) is 0 Å². The Balaban J connectivity index is 2.07. The van der Waals surface area contributed by atoms with Crippen molar-refractivity contribution in [3.8, 4) is 23.0 Å². The fraction of sp³-hybridized carbons (Fsp3) is 0.571. The maximum Gasteiger partial charge on any atom is 0.331 e. The molecule has 0 aromatic heterocycles. The molecule has 1 aliphatic rings. The van der Waals surface area contributed by atoms with E-state index in [2.05, 4.69) is 20.8 Å². The van der Waals surface area contributed by atoms with E-state index in [1.54, 1.807) is 12.1 Å². The number of carbonyl (C=O) groups is 2. The quantitative estimate of drug-likeness (QED) is 0.0598. The maximum atomic E-state index is 13.4. The molecule has 0 unspecified atom stereocenters. The SMILES string of the molecule is CCCCCCCN(Cc1ccc(OCCC(C)C)cc1)C(=Nc1cc(OC)c(OC)c(OC)c1)C1C(=O)OC(C)(C)OC1=O. The molecule has 1 fully saturated rings. The van der Waals surface area contributed by atoms with Crippen molar-refractivity contribution in [2.24, 2.45) is 16.8 Å². The van der Waals surface area contributed by atoms with E-state index in [0.717, 1.165) is 49.8 Å². The number of aliphatic imine (C=N–C) groups is 1. The minimum Gasteiger partial charge on any atom is -0.494 e. The van der Waals surface area contributed by atoms with Gasteiger partial charge in [0.15, 0.2) is 11.5 Å². The third kappa shape index (κ3) is 10.3. The molecule has 0 bridgehead atoms. The lowest BCUT2D eigenvalue weighted by Gasteiger charge is -2.36. The number of esters is 2. The van der Waals surface area contributed by atoms with Gasteiger partial charge >= 0.3 is 11.9 Å². The van der Waals surface area contributed by atoms with Gasteiger partial charge in [-0.1, -0.05) is 58.6 Å². The molecule has 0 atom stereocenters. The molecule has 2 aromatic carbocycles. The fourth-order valence-corrected chi connectivity index (χ4v) is 5.02. The van der Waals surface area contributed by atoms with Crippen molar-refractivity contribution in [2.75, 3.05) is 34.5 Å². The van der Waals surface area contributed by atoms with Crippen molar-refractivity contribution in [3.63, 3.8) is 0 Å². The predicted molar refractivity (Wildman–Crippen MR) is 174 cm³/mol. The van der Waals surface area contributed by atoms with Crippen molar-refractivity contribution in [1.29, 1.82) is 0 Å². The van der Waals surface area contributed by atoms with Gasteiger partial charge in [0.2, 0.25) is 11.7 Å². The molecule has 10 heteroatoms. The van der Waals surface area contributed by atoms with Crippen molar-refractivity contribution < 1.29 is 38.0 Å². The highest BCUT2D eigenvalue weighted by Crippen LogP contribution is 2.41. The number of hydrogen-bond acceptors (Lipinski definition) is 9. The first-order valence-corrected chi connectivity index (χ1v) is 15.8. The molecule has 1 saturated heterocycles. The number of methoxy groups -OCH3 is 3. The Bertz CT molecular complexity index is 1240. The second kappa shape index (κ2) is 16.9. The van der Waals surface area contributed by atoms with Crippen LogP contribution in [0.4, 0.5) is 5.69 Å². The lowest BCUT2D eigenvalue weighted by atomic mass is 10.0. The molecule has 0 radical (unpaired) electrons. The number of rotatable bonds is 17. The van der Waals surface area contributed by atoms with Crippen LogP contribution in [0.3, 0.4) is 0 Å². The first-order valence-electron chi connectivity index (χ1n) is 15.8. The van der Waals surface area contributed by atoms with Gasteiger partial charge in [0.25, 0.3) is 5.79 Å². The Hall–Kier alpha value is -3.95. The van der Waals surface area contributed by atoms with Gasteiger partial charge in [0.1, 0.15) is 11.6 Å². The van der Waals surface area contributed by atoms with Crippen molar-refractivity contribution in [1.82, 2.24) is 4.90 Å². The highest BCUT2D eigenvalue weighted by Gasteiger charge is 2.47. The third-order valence-electron chi connectivity index (χ3n) is 7.43. The molecule has 0 amide bonds. The summed E-state index contributed by atoms with van der Waals surface area (Å²) < 4.78 is 33.6. The maximum absolute atomic E-state index is 13.4. The van der Waals surface area contributed by atoms with Crippen LogP contribution in [0.5, 0.6) is 23.0 Å². The Morgan fingerprint density at radius 2 is 1.51 bits per heavy atom. The number of cyclic esters (lactones) is 2. The number of benzene rings is 2. The Labute approximate surface area is 268 Å². The number of unbranched alkanes of at least 4 members (excludes halogenated alkanes) is 4. The number of ether oxygens (including phenoxy) is 6. The molecular formula is C35H50N2O8. The van der Waals surface area contributed by atoms with Gasteiger partial charge in [-0.3, -0.25) is 9.59 Å². The Morgan fingerprint density at radius 1 is 0.911 bits per heavy atom. The highest BCUT2D eigenvalue weighted by atomic mass is 16.7. The predicted octanol–water partition coefficient (Wildman–Crippen LogP) is 7.09. The third-order valence-corrected chi connectivity index (χ3v) is 7.43. The van der Waals surface area contributed by atoms with Gasteiger partial charge in [0, 0.05) is 39.1 Å². The van der Waals surface area contributed by atoms with Crippen LogP contribution in [-0.2, 0) is 25.6 Å². The molecule has 2 aromatic rings. The van der Waals surface area contributed by atoms with Crippen LogP contribution >= 0.6 is 0 Å². The molecule has 0 N–H and O–H groups in total. The van der Waals surface area contributed by atoms with Crippen LogP contribution in [0, 0.1) is 11.8 Å². The van der Waals surface area contributed by atoms with Gasteiger partial charge in [-0.25, -0.2) is 4.99 Å². The summed E-state index contributed by atoms with van der Waals surface area (Å²) in [5.74, 6) is -1.43. The fourth-order valence-electron chi connectivity index (χ4n) is 5.02. The van der Waals surface area contributed by atoms with Crippen LogP contribution < -0.4 is 18.9 Å². The summed E-state index contributed by atoms with van der Waals surface area (Å²) >= 11 is 0. The summed E-state index contributed by atoms with van der Waals surface area (Å²) in [6.45, 7) is 11.2. The molecule has 0 spiro atoms. The van der Waals surface area contributed by atoms with Gasteiger partial charge < -0.3 is 33.3 Å². The van der Waals surface area contributed by atoms with E-state index in [1.807, 2.05) is 29.2 Å². The zero-order valence-corrected chi connectivity index (χ0v) is 28.1. The van der Waals surface area contributed by atoms with E-state index < -0.39 is 23.6 Å². The Kier molecular flexibility index (Phi) is 13.4. The summed E-state index contributed by atoms with van der Waals surface area (Å²) in [7, 11) is 4.55. The monoisotopic (exact) mass is 626 g/mol. The van der Waals surface area contributed by atoms with Crippen LogP contribution in [-0.4, -0.2) is 62.9 Å². The summed E-state index contributed by atoms with van der Waals surface area (Å²) in [6.07, 6.45) is 6.16. The normalized spacial score (nSPS) is 15.0. The molecule has 1 aliphatic heterocycles. The first kappa shape index (κ1) is 35.5. The van der Waals surface area contributed by atoms with Gasteiger partial charge in [-0.05, 0) is 36.5 Å². The zero-order chi connectivity index (χ0) is 33.0. The first-order chi connectivity index (χ1) is 21.5. The minimum absolute atomic E-state index is 0.225. The second-order valence-corrected chi connectivity index (χ2v) is 12.0. The van der Waals surface area contributed by atoms with Crippen molar-refractivity contribution in [3.05, 3.63) is 42.0 Å². The van der Waals surface area contributed by atoms with E-state index in [9.17, 15) is 9.59 Å². The standard InChI is InChI=1S/C35H50N2O8/c1-9-10-11-12-13-19-37(23-25-14-16-27(17-15-25)43-20-18-24(2)3)32(30-33(38)44-35(4,5)45-34(30)39)36-26-21-28(40-6)31(42-8)29(22-26)41-7/h14-17,21-22,24,30H,9-13,18-20,23H2,1-8H3. The minimum atomic E-state index is -1.38. The summed E-state index contributed by atoms with van der Waals surface area (Å²) in [5.41, 5.74) is 1.38. The molecule has 45 heavy (non-hydrogen) atoms. The molecule has 0 saturated carbocycles. The number of nitrogens with zero attached hydrogens (tertiary/aromatic N) is 2. The molecule has 248 valence electrons. The smallest absolute Gasteiger partial charge is 0.331 e. The van der Waals surface area contributed by atoms with Gasteiger partial charge in [-0.15, -0.1) is 0 Å². The molecule has 0 aliphatic carbocycles. The zero-order valence-electron chi connectivity index (χ0n) is 28.1. The van der Waals surface area contributed by atoms with E-state index in [4.69, 9.17) is 33.4 Å². The van der Waals surface area contributed by atoms with Crippen LogP contribution in [0.2, 0.25) is 0 Å². The lowest BCUT2D eigenvalue weighted by Crippen LogP contribution is -2.52. The molecule has 3 rings (SSSR count). The van der Waals surface area contributed by atoms with Gasteiger partial charge in [0.05, 0.1) is 33.6 Å². The highest BCUT2D eigenvalue weighted by molar-refractivity contribution is 6.17. The van der Waals surface area contributed by atoms with Crippen LogP contribution in [0.1, 0.15) is 78.7 Å². The average Bonchev–Trinajstić information content (AvgIpc) is 2.99. The molecular weight excluding hydrogens is 576 g/mol. The van der Waals surface area contributed by atoms with Crippen LogP contribution in [0.15, 0.2) is 41.4 Å². The lowest BCUT2D eigenvalue weighted by molar-refractivity contribution is -0.236. The van der Waals surface area contributed by atoms with E-state index >= 15 is 0 Å². The largest absolute Gasteiger partial charge is 0.494 e. The average molecular weight is 627 g/mol. The van der Waals surface area contributed by atoms with Crippen molar-refractivity contribution in [2.45, 2.75) is 85.5 Å². The van der Waals surface area contributed by atoms with E-state index in [1.165, 1.54) is 35.2 Å². The topological polar surface area (TPSA) is 105 Å². The number of carbonyl (C=O) groups excluding carboxylic acids is 2. The summed E-state index contributed by atoms with van der Waals surface area (Å²) in [4.78, 5) is 33.8. The number of hydrogen-bond donors (Lipinski definition) is 0. The molecule has 10 nitrogen and oxygen atoms in total. The Morgan fingerprint density at radius 3 is 2.04 bits per heavy atom. The molecule has 1 heterocycles.